The van der Waals surface area contributed by atoms with E-state index in [0.717, 1.165) is 6.07 Å². The number of benzene rings is 2. The third kappa shape index (κ3) is 3.00. The summed E-state index contributed by atoms with van der Waals surface area (Å²) in [4.78, 5) is 12.0. The molecule has 0 aliphatic heterocycles. The summed E-state index contributed by atoms with van der Waals surface area (Å²) in [6.45, 7) is 0. The van der Waals surface area contributed by atoms with Crippen molar-refractivity contribution in [1.29, 1.82) is 0 Å². The molecule has 0 bridgehead atoms. The third-order valence-electron chi connectivity index (χ3n) is 2.62. The summed E-state index contributed by atoms with van der Waals surface area (Å²) < 4.78 is 17.9. The number of nitrogens with one attached hydrogen (secondary N) is 1. The molecule has 1 amide bonds. The number of anilines is 1. The van der Waals surface area contributed by atoms with Crippen LogP contribution in [0, 0.1) is 5.82 Å². The van der Waals surface area contributed by atoms with Gasteiger partial charge in [-0.15, -0.1) is 0 Å². The molecule has 2 N–H and O–H groups in total. The minimum Gasteiger partial charge on any atom is -0.504 e. The summed E-state index contributed by atoms with van der Waals surface area (Å²) in [5.74, 6) is -0.888. The highest BCUT2D eigenvalue weighted by Gasteiger charge is 2.10. The molecule has 4 nitrogen and oxygen atoms in total. The number of rotatable bonds is 3. The summed E-state index contributed by atoms with van der Waals surface area (Å²) in [6.07, 6.45) is 0. The van der Waals surface area contributed by atoms with E-state index in [1.807, 2.05) is 0 Å². The van der Waals surface area contributed by atoms with Gasteiger partial charge >= 0.3 is 0 Å². The lowest BCUT2D eigenvalue weighted by atomic mass is 10.2. The number of hydrogen-bond donors (Lipinski definition) is 2. The van der Waals surface area contributed by atoms with Crippen LogP contribution in [0.5, 0.6) is 11.5 Å². The van der Waals surface area contributed by atoms with E-state index in [1.165, 1.54) is 37.4 Å². The molecule has 0 aromatic heterocycles. The molecule has 0 saturated carbocycles. The van der Waals surface area contributed by atoms with Crippen molar-refractivity contribution in [2.75, 3.05) is 12.4 Å². The van der Waals surface area contributed by atoms with E-state index < -0.39 is 11.7 Å². The van der Waals surface area contributed by atoms with E-state index in [0.29, 0.717) is 5.69 Å². The molecule has 0 saturated heterocycles. The van der Waals surface area contributed by atoms with Crippen LogP contribution in [0.1, 0.15) is 10.4 Å². The summed E-state index contributed by atoms with van der Waals surface area (Å²) in [6, 6.07) is 8.10. The van der Waals surface area contributed by atoms with Gasteiger partial charge in [-0.25, -0.2) is 4.39 Å². The van der Waals surface area contributed by atoms with Crippen molar-refractivity contribution in [2.24, 2.45) is 0 Å². The second-order valence-corrected chi connectivity index (χ2v) is 4.38. The quantitative estimate of drug-likeness (QED) is 0.912. The molecule has 104 valence electrons. The molecule has 0 unspecified atom stereocenters. The van der Waals surface area contributed by atoms with E-state index in [4.69, 9.17) is 16.3 Å². The second kappa shape index (κ2) is 5.79. The van der Waals surface area contributed by atoms with Crippen LogP contribution in [-0.4, -0.2) is 18.1 Å². The lowest BCUT2D eigenvalue weighted by Gasteiger charge is -2.08. The molecule has 0 aliphatic carbocycles. The Hall–Kier alpha value is -2.27. The first-order valence-corrected chi connectivity index (χ1v) is 6.02. The number of aromatic hydroxyl groups is 1. The standard InChI is InChI=1S/C14H11ClFNO3/c1-20-13-5-2-8(6-12(13)18)14(19)17-9-3-4-11(16)10(15)7-9/h2-7,18H,1H3,(H,17,19). The van der Waals surface area contributed by atoms with Crippen LogP contribution in [0.4, 0.5) is 10.1 Å². The fourth-order valence-corrected chi connectivity index (χ4v) is 1.79. The van der Waals surface area contributed by atoms with Gasteiger partial charge in [0.05, 0.1) is 12.1 Å². The number of phenols is 1. The number of hydrogen-bond acceptors (Lipinski definition) is 3. The fraction of sp³-hybridized carbons (Fsp3) is 0.0714. The Kier molecular flexibility index (Phi) is 4.10. The lowest BCUT2D eigenvalue weighted by molar-refractivity contribution is 0.102. The average molecular weight is 296 g/mol. The van der Waals surface area contributed by atoms with Crippen LogP contribution in [0.25, 0.3) is 0 Å². The van der Waals surface area contributed by atoms with Gasteiger partial charge in [-0.05, 0) is 36.4 Å². The van der Waals surface area contributed by atoms with Crippen LogP contribution in [0.15, 0.2) is 36.4 Å². The largest absolute Gasteiger partial charge is 0.504 e. The molecule has 2 aromatic rings. The predicted octanol–water partition coefficient (Wildman–Crippen LogP) is 3.45. The molecule has 0 aliphatic rings. The minimum atomic E-state index is -0.563. The fourth-order valence-electron chi connectivity index (χ4n) is 1.61. The van der Waals surface area contributed by atoms with E-state index >= 15 is 0 Å². The molecule has 20 heavy (non-hydrogen) atoms. The number of carbonyl (C=O) groups is 1. The maximum Gasteiger partial charge on any atom is 0.255 e. The Balaban J connectivity index is 2.19. The van der Waals surface area contributed by atoms with Crippen molar-refractivity contribution in [1.82, 2.24) is 0 Å². The normalized spacial score (nSPS) is 10.2. The Labute approximate surface area is 119 Å². The minimum absolute atomic E-state index is 0.0830. The smallest absolute Gasteiger partial charge is 0.255 e. The van der Waals surface area contributed by atoms with Gasteiger partial charge in [-0.2, -0.15) is 0 Å². The Morgan fingerprint density at radius 3 is 2.65 bits per heavy atom. The van der Waals surface area contributed by atoms with Crippen molar-refractivity contribution < 1.29 is 19.0 Å². The predicted molar refractivity (Wildman–Crippen MR) is 74.0 cm³/mol. The zero-order valence-electron chi connectivity index (χ0n) is 10.5. The molecule has 2 rings (SSSR count). The van der Waals surface area contributed by atoms with Crippen LogP contribution < -0.4 is 10.1 Å². The lowest BCUT2D eigenvalue weighted by Crippen LogP contribution is -2.11. The molecule has 6 heteroatoms. The van der Waals surface area contributed by atoms with Crippen molar-refractivity contribution in [3.05, 3.63) is 52.8 Å². The number of amides is 1. The Bertz CT molecular complexity index is 661. The van der Waals surface area contributed by atoms with Crippen molar-refractivity contribution in [3.63, 3.8) is 0 Å². The van der Waals surface area contributed by atoms with Gasteiger partial charge in [0.1, 0.15) is 5.82 Å². The Morgan fingerprint density at radius 2 is 2.05 bits per heavy atom. The van der Waals surface area contributed by atoms with Crippen LogP contribution in [0.3, 0.4) is 0 Å². The molecule has 2 aromatic carbocycles. The first-order chi connectivity index (χ1) is 9.51. The number of phenolic OH excluding ortho intramolecular Hbond substituents is 1. The highest BCUT2D eigenvalue weighted by atomic mass is 35.5. The SMILES string of the molecule is COc1ccc(C(=O)Nc2ccc(F)c(Cl)c2)cc1O. The van der Waals surface area contributed by atoms with Crippen LogP contribution in [0.2, 0.25) is 5.02 Å². The van der Waals surface area contributed by atoms with Gasteiger partial charge in [0, 0.05) is 11.3 Å². The maximum absolute atomic E-state index is 13.0. The number of ether oxygens (including phenoxy) is 1. The van der Waals surface area contributed by atoms with Crippen molar-refractivity contribution in [3.8, 4) is 11.5 Å². The molecular weight excluding hydrogens is 285 g/mol. The van der Waals surface area contributed by atoms with E-state index in [-0.39, 0.29) is 22.1 Å². The second-order valence-electron chi connectivity index (χ2n) is 3.97. The monoisotopic (exact) mass is 295 g/mol. The zero-order chi connectivity index (χ0) is 14.7. The first kappa shape index (κ1) is 14.1. The molecular formula is C14H11ClFNO3. The molecule has 0 heterocycles. The summed E-state index contributed by atoms with van der Waals surface area (Å²) in [5, 5.41) is 12.1. The van der Waals surface area contributed by atoms with Crippen LogP contribution >= 0.6 is 11.6 Å². The Morgan fingerprint density at radius 1 is 1.30 bits per heavy atom. The van der Waals surface area contributed by atoms with Gasteiger partial charge in [-0.1, -0.05) is 11.6 Å². The van der Waals surface area contributed by atoms with Crippen molar-refractivity contribution >= 4 is 23.2 Å². The highest BCUT2D eigenvalue weighted by molar-refractivity contribution is 6.31. The number of methoxy groups -OCH3 is 1. The summed E-state index contributed by atoms with van der Waals surface area (Å²) >= 11 is 5.63. The summed E-state index contributed by atoms with van der Waals surface area (Å²) in [7, 11) is 1.41. The third-order valence-corrected chi connectivity index (χ3v) is 2.91. The van der Waals surface area contributed by atoms with Crippen LogP contribution in [-0.2, 0) is 0 Å². The van der Waals surface area contributed by atoms with Gasteiger partial charge in [-0.3, -0.25) is 4.79 Å². The molecule has 0 fully saturated rings. The molecule has 0 atom stereocenters. The molecule has 0 spiro atoms. The number of halogens is 2. The van der Waals surface area contributed by atoms with E-state index in [2.05, 4.69) is 5.32 Å². The van der Waals surface area contributed by atoms with E-state index in [1.54, 1.807) is 0 Å². The van der Waals surface area contributed by atoms with E-state index in [9.17, 15) is 14.3 Å². The average Bonchev–Trinajstić information content (AvgIpc) is 2.42. The van der Waals surface area contributed by atoms with Gasteiger partial charge < -0.3 is 15.2 Å². The maximum atomic E-state index is 13.0. The van der Waals surface area contributed by atoms with Gasteiger partial charge in [0.25, 0.3) is 5.91 Å². The highest BCUT2D eigenvalue weighted by Crippen LogP contribution is 2.27. The molecule has 0 radical (unpaired) electrons. The van der Waals surface area contributed by atoms with Crippen molar-refractivity contribution in [2.45, 2.75) is 0 Å². The first-order valence-electron chi connectivity index (χ1n) is 5.64. The topological polar surface area (TPSA) is 58.6 Å². The summed E-state index contributed by atoms with van der Waals surface area (Å²) in [5.41, 5.74) is 0.598. The van der Waals surface area contributed by atoms with Gasteiger partial charge in [0.15, 0.2) is 11.5 Å². The number of carbonyl (C=O) groups excluding carboxylic acids is 1. The van der Waals surface area contributed by atoms with Gasteiger partial charge in [0.2, 0.25) is 0 Å². The zero-order valence-corrected chi connectivity index (χ0v) is 11.2.